The maximum absolute atomic E-state index is 12.5. The molecular weight excluding hydrogens is 346 g/mol. The Balaban J connectivity index is 2.19. The molecule has 0 saturated carbocycles. The molecule has 1 atom stereocenters. The number of fused-ring (bicyclic) bond motifs is 1. The van der Waals surface area contributed by atoms with Crippen molar-refractivity contribution in [2.45, 2.75) is 19.4 Å². The summed E-state index contributed by atoms with van der Waals surface area (Å²) in [6.07, 6.45) is 0.308. The minimum atomic E-state index is -0.792. The van der Waals surface area contributed by atoms with E-state index in [-0.39, 0.29) is 17.2 Å². The van der Waals surface area contributed by atoms with E-state index in [9.17, 15) is 19.7 Å². The molecule has 2 aliphatic heterocycles. The summed E-state index contributed by atoms with van der Waals surface area (Å²) >= 11 is 1.42. The van der Waals surface area contributed by atoms with Gasteiger partial charge in [0.25, 0.3) is 5.69 Å². The summed E-state index contributed by atoms with van der Waals surface area (Å²) in [7, 11) is 1.25. The van der Waals surface area contributed by atoms with Crippen LogP contribution < -0.4 is 0 Å². The van der Waals surface area contributed by atoms with Gasteiger partial charge in [0.2, 0.25) is 5.91 Å². The molecule has 8 nitrogen and oxygen atoms in total. The largest absolute Gasteiger partial charge is 0.466 e. The molecule has 2 heterocycles. The Morgan fingerprint density at radius 3 is 2.92 bits per heavy atom. The maximum atomic E-state index is 12.5. The molecule has 0 unspecified atom stereocenters. The highest BCUT2D eigenvalue weighted by Gasteiger charge is 2.41. The summed E-state index contributed by atoms with van der Waals surface area (Å²) in [5, 5.41) is 11.6. The number of amidine groups is 1. The summed E-state index contributed by atoms with van der Waals surface area (Å²) < 4.78 is 4.86. The second kappa shape index (κ2) is 6.67. The third kappa shape index (κ3) is 3.02. The molecule has 1 saturated heterocycles. The van der Waals surface area contributed by atoms with Crippen LogP contribution >= 0.6 is 11.8 Å². The number of amides is 1. The van der Waals surface area contributed by atoms with Gasteiger partial charge < -0.3 is 4.74 Å². The van der Waals surface area contributed by atoms with Gasteiger partial charge in [-0.25, -0.2) is 9.79 Å². The summed E-state index contributed by atoms with van der Waals surface area (Å²) in [6, 6.07) is 5.13. The first-order valence-corrected chi connectivity index (χ1v) is 8.49. The van der Waals surface area contributed by atoms with Gasteiger partial charge in [0.15, 0.2) is 5.17 Å². The van der Waals surface area contributed by atoms with E-state index in [4.69, 9.17) is 4.74 Å². The van der Waals surface area contributed by atoms with Crippen LogP contribution in [0.25, 0.3) is 0 Å². The van der Waals surface area contributed by atoms with E-state index in [1.807, 2.05) is 0 Å². The van der Waals surface area contributed by atoms with Crippen molar-refractivity contribution in [1.82, 2.24) is 4.90 Å². The zero-order valence-corrected chi connectivity index (χ0v) is 14.4. The fourth-order valence-corrected chi connectivity index (χ4v) is 3.90. The Morgan fingerprint density at radius 2 is 2.24 bits per heavy atom. The van der Waals surface area contributed by atoms with E-state index < -0.39 is 16.9 Å². The number of non-ortho nitro benzene ring substituents is 1. The van der Waals surface area contributed by atoms with Gasteiger partial charge in [0, 0.05) is 24.3 Å². The third-order valence-corrected chi connectivity index (χ3v) is 4.96. The normalized spacial score (nSPS) is 20.1. The standard InChI is InChI=1S/C16H15N3O5S/c1-9-13(15(21)24-2)14(10-4-3-5-11(8-10)19(22)23)18-12(20)6-7-25-16(18)17-9/h3-5,8,14H,6-7H2,1-2H3/t14-/m1/s1. The monoisotopic (exact) mass is 361 g/mol. The molecule has 130 valence electrons. The number of esters is 1. The lowest BCUT2D eigenvalue weighted by molar-refractivity contribution is -0.384. The number of benzene rings is 1. The molecule has 1 aromatic carbocycles. The summed E-state index contributed by atoms with van der Waals surface area (Å²) in [5.74, 6) is -0.181. The van der Waals surface area contributed by atoms with Gasteiger partial charge in [0.05, 0.1) is 29.3 Å². The zero-order valence-electron chi connectivity index (χ0n) is 13.6. The molecule has 0 spiro atoms. The van der Waals surface area contributed by atoms with Crippen LogP contribution in [0.3, 0.4) is 0 Å². The lowest BCUT2D eigenvalue weighted by Crippen LogP contribution is -2.45. The number of allylic oxidation sites excluding steroid dienone is 1. The minimum absolute atomic E-state index is 0.111. The van der Waals surface area contributed by atoms with Crippen molar-refractivity contribution in [3.8, 4) is 0 Å². The van der Waals surface area contributed by atoms with Gasteiger partial charge in [-0.15, -0.1) is 0 Å². The van der Waals surface area contributed by atoms with Gasteiger partial charge in [0.1, 0.15) is 0 Å². The molecule has 3 rings (SSSR count). The number of thioether (sulfide) groups is 1. The van der Waals surface area contributed by atoms with Gasteiger partial charge >= 0.3 is 5.97 Å². The predicted molar refractivity (Wildman–Crippen MR) is 91.9 cm³/mol. The lowest BCUT2D eigenvalue weighted by atomic mass is 9.94. The van der Waals surface area contributed by atoms with Crippen molar-refractivity contribution in [2.24, 2.45) is 4.99 Å². The molecule has 0 N–H and O–H groups in total. The Bertz CT molecular complexity index is 833. The Morgan fingerprint density at radius 1 is 1.48 bits per heavy atom. The van der Waals surface area contributed by atoms with Crippen molar-refractivity contribution < 1.29 is 19.2 Å². The minimum Gasteiger partial charge on any atom is -0.466 e. The number of methoxy groups -OCH3 is 1. The number of nitro benzene ring substituents is 1. The summed E-state index contributed by atoms with van der Waals surface area (Å²) in [5.41, 5.74) is 1.01. The molecule has 1 amide bonds. The summed E-state index contributed by atoms with van der Waals surface area (Å²) in [4.78, 5) is 41.3. The van der Waals surface area contributed by atoms with Crippen LogP contribution in [0.2, 0.25) is 0 Å². The van der Waals surface area contributed by atoms with Gasteiger partial charge in [-0.1, -0.05) is 23.9 Å². The van der Waals surface area contributed by atoms with Crippen LogP contribution in [-0.4, -0.2) is 39.7 Å². The lowest BCUT2D eigenvalue weighted by Gasteiger charge is -2.38. The fourth-order valence-electron chi connectivity index (χ4n) is 2.89. The van der Waals surface area contributed by atoms with Crippen molar-refractivity contribution in [2.75, 3.05) is 12.9 Å². The van der Waals surface area contributed by atoms with E-state index >= 15 is 0 Å². The number of nitrogens with zero attached hydrogens (tertiary/aromatic N) is 3. The number of hydrogen-bond acceptors (Lipinski definition) is 7. The molecular formula is C16H15N3O5S. The fraction of sp³-hybridized carbons (Fsp3) is 0.312. The van der Waals surface area contributed by atoms with Crippen LogP contribution in [-0.2, 0) is 14.3 Å². The molecule has 0 radical (unpaired) electrons. The van der Waals surface area contributed by atoms with Crippen LogP contribution in [0.5, 0.6) is 0 Å². The molecule has 1 aromatic rings. The van der Waals surface area contributed by atoms with Crippen LogP contribution in [0.15, 0.2) is 40.5 Å². The second-order valence-electron chi connectivity index (χ2n) is 5.50. The number of nitro groups is 1. The third-order valence-electron chi connectivity index (χ3n) is 4.01. The highest BCUT2D eigenvalue weighted by atomic mass is 32.2. The highest BCUT2D eigenvalue weighted by molar-refractivity contribution is 8.14. The SMILES string of the molecule is COC(=O)C1=C(C)N=C2SCCC(=O)N2[C@@H]1c1cccc([N+](=O)[O-])c1. The molecule has 0 bridgehead atoms. The van der Waals surface area contributed by atoms with E-state index in [1.54, 1.807) is 13.0 Å². The topological polar surface area (TPSA) is 102 Å². The molecule has 0 aromatic heterocycles. The van der Waals surface area contributed by atoms with Crippen LogP contribution in [0.4, 0.5) is 5.69 Å². The van der Waals surface area contributed by atoms with Crippen molar-refractivity contribution in [3.05, 3.63) is 51.2 Å². The number of carbonyl (C=O) groups is 2. The van der Waals surface area contributed by atoms with Crippen molar-refractivity contribution in [1.29, 1.82) is 0 Å². The number of ether oxygens (including phenoxy) is 1. The van der Waals surface area contributed by atoms with E-state index in [2.05, 4.69) is 4.99 Å². The molecule has 9 heteroatoms. The smallest absolute Gasteiger partial charge is 0.338 e. The molecule has 1 fully saturated rings. The van der Waals surface area contributed by atoms with Crippen molar-refractivity contribution >= 4 is 34.5 Å². The Labute approximate surface area is 147 Å². The first kappa shape index (κ1) is 17.2. The van der Waals surface area contributed by atoms with Gasteiger partial charge in [-0.05, 0) is 12.5 Å². The highest BCUT2D eigenvalue weighted by Crippen LogP contribution is 2.40. The quantitative estimate of drug-likeness (QED) is 0.465. The van der Waals surface area contributed by atoms with Crippen LogP contribution in [0.1, 0.15) is 24.9 Å². The number of aliphatic imine (C=N–C) groups is 1. The zero-order chi connectivity index (χ0) is 18.1. The van der Waals surface area contributed by atoms with E-state index in [1.165, 1.54) is 42.0 Å². The predicted octanol–water partition coefficient (Wildman–Crippen LogP) is 2.42. The molecule has 0 aliphatic carbocycles. The number of rotatable bonds is 3. The van der Waals surface area contributed by atoms with Crippen molar-refractivity contribution in [3.63, 3.8) is 0 Å². The summed E-state index contributed by atoms with van der Waals surface area (Å²) in [6.45, 7) is 1.67. The first-order valence-electron chi connectivity index (χ1n) is 7.51. The average molecular weight is 361 g/mol. The molecule has 2 aliphatic rings. The van der Waals surface area contributed by atoms with Crippen LogP contribution in [0, 0.1) is 10.1 Å². The maximum Gasteiger partial charge on any atom is 0.338 e. The van der Waals surface area contributed by atoms with E-state index in [0.29, 0.717) is 28.6 Å². The average Bonchev–Trinajstić information content (AvgIpc) is 2.60. The van der Waals surface area contributed by atoms with E-state index in [0.717, 1.165) is 0 Å². The number of hydrogen-bond donors (Lipinski definition) is 0. The number of carbonyl (C=O) groups excluding carboxylic acids is 2. The Kier molecular flexibility index (Phi) is 4.58. The van der Waals surface area contributed by atoms with Gasteiger partial charge in [-0.3, -0.25) is 19.8 Å². The molecule has 25 heavy (non-hydrogen) atoms. The van der Waals surface area contributed by atoms with Gasteiger partial charge in [-0.2, -0.15) is 0 Å². The first-order chi connectivity index (χ1) is 11.9. The Hall–Kier alpha value is -2.68. The second-order valence-corrected chi connectivity index (χ2v) is 6.56.